The van der Waals surface area contributed by atoms with Crippen molar-refractivity contribution in [3.8, 4) is 0 Å². The summed E-state index contributed by atoms with van der Waals surface area (Å²) in [7, 11) is 2.16. The third-order valence-electron chi connectivity index (χ3n) is 5.93. The SMILES string of the molecule is C=CC(=O)Cc1cccc(CNc2nc(Nc3cnn(CCN4CCN(C)CC4)c3)ncc2Cl)c1. The molecule has 10 heteroatoms. The van der Waals surface area contributed by atoms with E-state index >= 15 is 0 Å². The van der Waals surface area contributed by atoms with Crippen LogP contribution in [0.2, 0.25) is 5.02 Å². The number of aromatic nitrogens is 4. The molecule has 9 nitrogen and oxygen atoms in total. The van der Waals surface area contributed by atoms with Gasteiger partial charge < -0.3 is 15.5 Å². The van der Waals surface area contributed by atoms with E-state index in [0.717, 1.165) is 56.1 Å². The summed E-state index contributed by atoms with van der Waals surface area (Å²) in [6.45, 7) is 10.2. The van der Waals surface area contributed by atoms with Crippen LogP contribution >= 0.6 is 11.6 Å². The first-order valence-electron chi connectivity index (χ1n) is 11.7. The Kier molecular flexibility index (Phi) is 8.46. The first kappa shape index (κ1) is 24.8. The highest BCUT2D eigenvalue weighted by molar-refractivity contribution is 6.32. The molecule has 0 atom stereocenters. The molecule has 1 saturated heterocycles. The number of allylic oxidation sites excluding steroid dienone is 1. The van der Waals surface area contributed by atoms with Crippen LogP contribution in [-0.4, -0.2) is 75.1 Å². The van der Waals surface area contributed by atoms with Crippen LogP contribution < -0.4 is 10.6 Å². The Balaban J connectivity index is 1.32. The lowest BCUT2D eigenvalue weighted by molar-refractivity contribution is -0.114. The second-order valence-corrected chi connectivity index (χ2v) is 9.08. The van der Waals surface area contributed by atoms with Gasteiger partial charge in [0.2, 0.25) is 5.95 Å². The third kappa shape index (κ3) is 7.35. The lowest BCUT2D eigenvalue weighted by atomic mass is 10.1. The van der Waals surface area contributed by atoms with Gasteiger partial charge in [-0.1, -0.05) is 42.4 Å². The number of likely N-dealkylation sites (N-methyl/N-ethyl adjacent to an activating group) is 1. The Bertz CT molecular complexity index is 1160. The van der Waals surface area contributed by atoms with E-state index in [1.807, 2.05) is 35.1 Å². The summed E-state index contributed by atoms with van der Waals surface area (Å²) in [5.41, 5.74) is 2.77. The molecule has 0 unspecified atom stereocenters. The first-order chi connectivity index (χ1) is 17.0. The van der Waals surface area contributed by atoms with E-state index in [1.165, 1.54) is 6.08 Å². The van der Waals surface area contributed by atoms with E-state index < -0.39 is 0 Å². The third-order valence-corrected chi connectivity index (χ3v) is 6.21. The fourth-order valence-corrected chi connectivity index (χ4v) is 4.01. The molecule has 4 rings (SSSR count). The normalized spacial score (nSPS) is 14.6. The van der Waals surface area contributed by atoms with E-state index in [0.29, 0.717) is 29.8 Å². The molecule has 0 radical (unpaired) electrons. The van der Waals surface area contributed by atoms with Gasteiger partial charge in [0, 0.05) is 51.9 Å². The number of halogens is 1. The van der Waals surface area contributed by atoms with Crippen LogP contribution in [0.1, 0.15) is 11.1 Å². The molecular weight excluding hydrogens is 464 g/mol. The van der Waals surface area contributed by atoms with Crippen LogP contribution in [-0.2, 0) is 24.3 Å². The van der Waals surface area contributed by atoms with Crippen molar-refractivity contribution in [3.05, 3.63) is 71.7 Å². The van der Waals surface area contributed by atoms with Crippen LogP contribution in [0.5, 0.6) is 0 Å². The van der Waals surface area contributed by atoms with Crippen molar-refractivity contribution in [2.45, 2.75) is 19.5 Å². The van der Waals surface area contributed by atoms with Gasteiger partial charge in [-0.15, -0.1) is 0 Å². The topological polar surface area (TPSA) is 91.2 Å². The molecule has 1 aliphatic rings. The number of anilines is 3. The van der Waals surface area contributed by atoms with Gasteiger partial charge in [-0.3, -0.25) is 14.4 Å². The van der Waals surface area contributed by atoms with Crippen LogP contribution in [0.4, 0.5) is 17.5 Å². The van der Waals surface area contributed by atoms with Crippen LogP contribution in [0.15, 0.2) is 55.5 Å². The zero-order chi connectivity index (χ0) is 24.6. The van der Waals surface area contributed by atoms with Crippen molar-refractivity contribution in [1.82, 2.24) is 29.5 Å². The van der Waals surface area contributed by atoms with Gasteiger partial charge in [0.25, 0.3) is 0 Å². The molecule has 1 fully saturated rings. The maximum Gasteiger partial charge on any atom is 0.229 e. The molecule has 35 heavy (non-hydrogen) atoms. The van der Waals surface area contributed by atoms with E-state index in [9.17, 15) is 4.79 Å². The Morgan fingerprint density at radius 2 is 1.97 bits per heavy atom. The predicted octanol–water partition coefficient (Wildman–Crippen LogP) is 3.23. The molecule has 0 aliphatic carbocycles. The number of ketones is 1. The average molecular weight is 495 g/mol. The van der Waals surface area contributed by atoms with Crippen molar-refractivity contribution < 1.29 is 4.79 Å². The van der Waals surface area contributed by atoms with Crippen molar-refractivity contribution in [2.75, 3.05) is 50.4 Å². The Morgan fingerprint density at radius 3 is 2.77 bits per heavy atom. The summed E-state index contributed by atoms with van der Waals surface area (Å²) in [4.78, 5) is 25.3. The molecule has 2 aromatic heterocycles. The minimum atomic E-state index is -0.00711. The van der Waals surface area contributed by atoms with E-state index in [2.05, 4.69) is 49.1 Å². The van der Waals surface area contributed by atoms with Gasteiger partial charge in [-0.2, -0.15) is 10.1 Å². The summed E-state index contributed by atoms with van der Waals surface area (Å²) in [5, 5.41) is 11.3. The van der Waals surface area contributed by atoms with Crippen molar-refractivity contribution >= 4 is 34.8 Å². The average Bonchev–Trinajstić information content (AvgIpc) is 3.31. The number of nitrogens with one attached hydrogen (secondary N) is 2. The second-order valence-electron chi connectivity index (χ2n) is 8.67. The Morgan fingerprint density at radius 1 is 1.17 bits per heavy atom. The highest BCUT2D eigenvalue weighted by atomic mass is 35.5. The number of piperazine rings is 1. The highest BCUT2D eigenvalue weighted by Gasteiger charge is 2.13. The van der Waals surface area contributed by atoms with E-state index in [4.69, 9.17) is 11.6 Å². The zero-order valence-electron chi connectivity index (χ0n) is 20.0. The number of carbonyl (C=O) groups is 1. The molecule has 184 valence electrons. The lowest BCUT2D eigenvalue weighted by Gasteiger charge is -2.32. The molecule has 3 heterocycles. The summed E-state index contributed by atoms with van der Waals surface area (Å²) >= 11 is 6.32. The smallest absolute Gasteiger partial charge is 0.229 e. The largest absolute Gasteiger partial charge is 0.365 e. The summed E-state index contributed by atoms with van der Waals surface area (Å²) in [5.74, 6) is 0.951. The Hall–Kier alpha value is -3.27. The number of hydrogen-bond acceptors (Lipinski definition) is 8. The van der Waals surface area contributed by atoms with Crippen LogP contribution in [0.25, 0.3) is 0 Å². The van der Waals surface area contributed by atoms with Gasteiger partial charge >= 0.3 is 0 Å². The number of hydrogen-bond donors (Lipinski definition) is 2. The number of rotatable bonds is 11. The fourth-order valence-electron chi connectivity index (χ4n) is 3.85. The standard InChI is InChI=1S/C25H31ClN8O/c1-3-22(35)14-19-5-4-6-20(13-19)15-27-24-23(26)17-28-25(31-24)30-21-16-29-34(18-21)12-11-33-9-7-32(2)8-10-33/h3-6,13,16-18H,1,7-12,14-15H2,2H3,(H2,27,28,30,31). The van der Waals surface area contributed by atoms with Gasteiger partial charge in [-0.05, 0) is 24.3 Å². The van der Waals surface area contributed by atoms with E-state index in [-0.39, 0.29) is 5.78 Å². The summed E-state index contributed by atoms with van der Waals surface area (Å²) in [6, 6.07) is 7.83. The molecule has 0 saturated carbocycles. The monoisotopic (exact) mass is 494 g/mol. The van der Waals surface area contributed by atoms with Gasteiger partial charge in [-0.25, -0.2) is 4.98 Å². The second kappa shape index (κ2) is 11.9. The molecule has 1 aliphatic heterocycles. The summed E-state index contributed by atoms with van der Waals surface area (Å²) < 4.78 is 1.93. The van der Waals surface area contributed by atoms with E-state index in [1.54, 1.807) is 12.4 Å². The maximum atomic E-state index is 11.6. The van der Waals surface area contributed by atoms with Gasteiger partial charge in [0.05, 0.1) is 24.6 Å². The number of benzene rings is 1. The maximum absolute atomic E-state index is 11.6. The molecule has 1 aromatic carbocycles. The predicted molar refractivity (Wildman–Crippen MR) is 139 cm³/mol. The van der Waals surface area contributed by atoms with Crippen LogP contribution in [0.3, 0.4) is 0 Å². The summed E-state index contributed by atoms with van der Waals surface area (Å²) in [6.07, 6.45) is 6.97. The van der Waals surface area contributed by atoms with Crippen molar-refractivity contribution in [3.63, 3.8) is 0 Å². The quantitative estimate of drug-likeness (QED) is 0.393. The molecule has 0 bridgehead atoms. The highest BCUT2D eigenvalue weighted by Crippen LogP contribution is 2.22. The molecule has 0 amide bonds. The zero-order valence-corrected chi connectivity index (χ0v) is 20.7. The molecule has 0 spiro atoms. The van der Waals surface area contributed by atoms with Gasteiger partial charge in [0.1, 0.15) is 5.02 Å². The Labute approximate surface area is 210 Å². The minimum Gasteiger partial charge on any atom is -0.365 e. The number of carbonyl (C=O) groups excluding carboxylic acids is 1. The fraction of sp³-hybridized carbons (Fsp3) is 0.360. The first-order valence-corrected chi connectivity index (χ1v) is 12.1. The minimum absolute atomic E-state index is 0.00711. The van der Waals surface area contributed by atoms with Crippen LogP contribution in [0, 0.1) is 0 Å². The van der Waals surface area contributed by atoms with Crippen molar-refractivity contribution in [1.29, 1.82) is 0 Å². The van der Waals surface area contributed by atoms with Crippen molar-refractivity contribution in [2.24, 2.45) is 0 Å². The lowest BCUT2D eigenvalue weighted by Crippen LogP contribution is -2.45. The molecule has 2 N–H and O–H groups in total. The number of nitrogens with zero attached hydrogens (tertiary/aromatic N) is 6. The molecule has 3 aromatic rings. The molecular formula is C25H31ClN8O. The van der Waals surface area contributed by atoms with Gasteiger partial charge in [0.15, 0.2) is 11.6 Å².